The summed E-state index contributed by atoms with van der Waals surface area (Å²) in [5.74, 6) is 2.61. The van der Waals surface area contributed by atoms with Crippen LogP contribution in [0.3, 0.4) is 0 Å². The molecular formula is C22H25N3O4. The minimum Gasteiger partial charge on any atom is -0.497 e. The van der Waals surface area contributed by atoms with Crippen LogP contribution in [0.15, 0.2) is 59.1 Å². The number of methoxy groups -OCH3 is 2. The second kappa shape index (κ2) is 9.75. The normalized spacial score (nSPS) is 10.8. The van der Waals surface area contributed by atoms with E-state index in [-0.39, 0.29) is 12.5 Å². The number of hydrogen-bond acceptors (Lipinski definition) is 6. The molecule has 0 saturated carbocycles. The number of benzene rings is 2. The quantitative estimate of drug-likeness (QED) is 0.594. The third-order valence-corrected chi connectivity index (χ3v) is 4.45. The number of rotatable bonds is 9. The number of nitrogens with one attached hydrogen (secondary N) is 1. The molecule has 0 aliphatic rings. The van der Waals surface area contributed by atoms with Gasteiger partial charge in [0.15, 0.2) is 5.76 Å². The largest absolute Gasteiger partial charge is 0.497 e. The molecule has 29 heavy (non-hydrogen) atoms. The molecule has 0 atom stereocenters. The maximum absolute atomic E-state index is 12.4. The van der Waals surface area contributed by atoms with Crippen LogP contribution in [-0.4, -0.2) is 43.1 Å². The summed E-state index contributed by atoms with van der Waals surface area (Å²) >= 11 is 0. The lowest BCUT2D eigenvalue weighted by molar-refractivity contribution is -0.117. The molecule has 0 aliphatic carbocycles. The lowest BCUT2D eigenvalue weighted by atomic mass is 10.2. The average molecular weight is 395 g/mol. The highest BCUT2D eigenvalue weighted by Crippen LogP contribution is 2.23. The summed E-state index contributed by atoms with van der Waals surface area (Å²) in [6.45, 7) is 3.35. The number of likely N-dealkylation sites (N-methyl/N-ethyl adjacent to an activating group) is 1. The highest BCUT2D eigenvalue weighted by Gasteiger charge is 2.14. The number of carbonyl (C=O) groups excluding carboxylic acids is 1. The standard InChI is InChI=1S/C22H25N3O4/c1-4-25(14-21(26)24-17-6-5-7-19(12-17)28-3)15-22-23-13-20(29-22)16-8-10-18(27-2)11-9-16/h5-13H,4,14-15H2,1-3H3,(H,24,26). The molecule has 0 spiro atoms. The van der Waals surface area contributed by atoms with E-state index in [4.69, 9.17) is 13.9 Å². The number of anilines is 1. The number of oxazole rings is 1. The van der Waals surface area contributed by atoms with Gasteiger partial charge in [0.1, 0.15) is 11.5 Å². The van der Waals surface area contributed by atoms with Crippen molar-refractivity contribution < 1.29 is 18.7 Å². The van der Waals surface area contributed by atoms with E-state index in [1.54, 1.807) is 26.5 Å². The first-order valence-corrected chi connectivity index (χ1v) is 9.36. The summed E-state index contributed by atoms with van der Waals surface area (Å²) in [7, 11) is 3.22. The van der Waals surface area contributed by atoms with Crippen molar-refractivity contribution in [2.24, 2.45) is 0 Å². The molecule has 7 heteroatoms. The average Bonchev–Trinajstić information content (AvgIpc) is 3.22. The third kappa shape index (κ3) is 5.58. The lowest BCUT2D eigenvalue weighted by Gasteiger charge is -2.18. The van der Waals surface area contributed by atoms with E-state index in [1.807, 2.05) is 54.3 Å². The Morgan fingerprint density at radius 1 is 1.10 bits per heavy atom. The summed E-state index contributed by atoms with van der Waals surface area (Å²) in [6.07, 6.45) is 1.70. The van der Waals surface area contributed by atoms with Crippen molar-refractivity contribution in [1.82, 2.24) is 9.88 Å². The Kier molecular flexibility index (Phi) is 6.86. The first kappa shape index (κ1) is 20.4. The van der Waals surface area contributed by atoms with Crippen molar-refractivity contribution in [2.75, 3.05) is 32.6 Å². The molecular weight excluding hydrogens is 370 g/mol. The van der Waals surface area contributed by atoms with Crippen molar-refractivity contribution >= 4 is 11.6 Å². The van der Waals surface area contributed by atoms with Gasteiger partial charge < -0.3 is 19.2 Å². The van der Waals surface area contributed by atoms with Crippen molar-refractivity contribution in [3.05, 3.63) is 60.6 Å². The molecule has 7 nitrogen and oxygen atoms in total. The Balaban J connectivity index is 1.59. The Morgan fingerprint density at radius 3 is 2.55 bits per heavy atom. The van der Waals surface area contributed by atoms with Gasteiger partial charge in [0, 0.05) is 17.3 Å². The van der Waals surface area contributed by atoms with Gasteiger partial charge in [-0.1, -0.05) is 13.0 Å². The third-order valence-electron chi connectivity index (χ3n) is 4.45. The first-order chi connectivity index (χ1) is 14.1. The Hall–Kier alpha value is -3.32. The molecule has 1 amide bonds. The fraction of sp³-hybridized carbons (Fsp3) is 0.273. The summed E-state index contributed by atoms with van der Waals surface area (Å²) in [6, 6.07) is 14.9. The van der Waals surface area contributed by atoms with Crippen molar-refractivity contribution in [3.8, 4) is 22.8 Å². The predicted molar refractivity (Wildman–Crippen MR) is 111 cm³/mol. The summed E-state index contributed by atoms with van der Waals surface area (Å²) in [5.41, 5.74) is 1.62. The van der Waals surface area contributed by atoms with E-state index in [0.717, 1.165) is 11.3 Å². The summed E-state index contributed by atoms with van der Waals surface area (Å²) in [5, 5.41) is 2.89. The minimum absolute atomic E-state index is 0.109. The summed E-state index contributed by atoms with van der Waals surface area (Å²) < 4.78 is 16.2. The highest BCUT2D eigenvalue weighted by atomic mass is 16.5. The molecule has 0 bridgehead atoms. The van der Waals surface area contributed by atoms with E-state index in [2.05, 4.69) is 10.3 Å². The zero-order valence-corrected chi connectivity index (χ0v) is 16.8. The van der Waals surface area contributed by atoms with Crippen LogP contribution in [-0.2, 0) is 11.3 Å². The monoisotopic (exact) mass is 395 g/mol. The predicted octanol–water partition coefficient (Wildman–Crippen LogP) is 3.82. The molecule has 152 valence electrons. The van der Waals surface area contributed by atoms with Gasteiger partial charge in [-0.25, -0.2) is 4.98 Å². The van der Waals surface area contributed by atoms with E-state index < -0.39 is 0 Å². The van der Waals surface area contributed by atoms with Crippen molar-refractivity contribution in [2.45, 2.75) is 13.5 Å². The molecule has 0 unspecified atom stereocenters. The Labute approximate surface area is 170 Å². The van der Waals surface area contributed by atoms with Crippen LogP contribution >= 0.6 is 0 Å². The fourth-order valence-electron chi connectivity index (χ4n) is 2.85. The molecule has 2 aromatic carbocycles. The molecule has 0 radical (unpaired) electrons. The van der Waals surface area contributed by atoms with Crippen LogP contribution in [0.5, 0.6) is 11.5 Å². The van der Waals surface area contributed by atoms with Gasteiger partial charge in [0.2, 0.25) is 11.8 Å². The van der Waals surface area contributed by atoms with Gasteiger partial charge in [0.25, 0.3) is 0 Å². The van der Waals surface area contributed by atoms with Gasteiger partial charge in [-0.05, 0) is 42.9 Å². The number of amides is 1. The summed E-state index contributed by atoms with van der Waals surface area (Å²) in [4.78, 5) is 18.7. The number of ether oxygens (including phenoxy) is 2. The fourth-order valence-corrected chi connectivity index (χ4v) is 2.85. The minimum atomic E-state index is -0.109. The maximum atomic E-state index is 12.4. The second-order valence-electron chi connectivity index (χ2n) is 6.43. The zero-order valence-electron chi connectivity index (χ0n) is 16.8. The number of nitrogens with zero attached hydrogens (tertiary/aromatic N) is 2. The van der Waals surface area contributed by atoms with E-state index >= 15 is 0 Å². The molecule has 1 aromatic heterocycles. The van der Waals surface area contributed by atoms with Gasteiger partial charge in [-0.2, -0.15) is 0 Å². The molecule has 0 saturated heterocycles. The van der Waals surface area contributed by atoms with Crippen molar-refractivity contribution in [1.29, 1.82) is 0 Å². The van der Waals surface area contributed by atoms with E-state index in [0.29, 0.717) is 36.2 Å². The van der Waals surface area contributed by atoms with E-state index in [1.165, 1.54) is 0 Å². The smallest absolute Gasteiger partial charge is 0.238 e. The molecule has 3 rings (SSSR count). The van der Waals surface area contributed by atoms with Gasteiger partial charge >= 0.3 is 0 Å². The van der Waals surface area contributed by atoms with Crippen LogP contribution in [0.1, 0.15) is 12.8 Å². The molecule has 1 N–H and O–H groups in total. The SMILES string of the molecule is CCN(CC(=O)Nc1cccc(OC)c1)Cc1ncc(-c2ccc(OC)cc2)o1. The first-order valence-electron chi connectivity index (χ1n) is 9.36. The van der Waals surface area contributed by atoms with Crippen molar-refractivity contribution in [3.63, 3.8) is 0 Å². The molecule has 0 aliphatic heterocycles. The van der Waals surface area contributed by atoms with Crippen LogP contribution in [0.4, 0.5) is 5.69 Å². The highest BCUT2D eigenvalue weighted by molar-refractivity contribution is 5.92. The number of aromatic nitrogens is 1. The van der Waals surface area contributed by atoms with E-state index in [9.17, 15) is 4.79 Å². The number of hydrogen-bond donors (Lipinski definition) is 1. The lowest BCUT2D eigenvalue weighted by Crippen LogP contribution is -2.32. The number of carbonyl (C=O) groups is 1. The van der Waals surface area contributed by atoms with Crippen LogP contribution < -0.4 is 14.8 Å². The molecule has 1 heterocycles. The Bertz CT molecular complexity index is 937. The van der Waals surface area contributed by atoms with Gasteiger partial charge in [-0.3, -0.25) is 9.69 Å². The Morgan fingerprint density at radius 2 is 1.86 bits per heavy atom. The van der Waals surface area contributed by atoms with Crippen LogP contribution in [0.25, 0.3) is 11.3 Å². The zero-order chi connectivity index (χ0) is 20.6. The topological polar surface area (TPSA) is 76.8 Å². The maximum Gasteiger partial charge on any atom is 0.238 e. The molecule has 3 aromatic rings. The van der Waals surface area contributed by atoms with Crippen LogP contribution in [0, 0.1) is 0 Å². The van der Waals surface area contributed by atoms with Crippen LogP contribution in [0.2, 0.25) is 0 Å². The molecule has 0 fully saturated rings. The van der Waals surface area contributed by atoms with Gasteiger partial charge in [-0.15, -0.1) is 0 Å². The second-order valence-corrected chi connectivity index (χ2v) is 6.43. The van der Waals surface area contributed by atoms with Gasteiger partial charge in [0.05, 0.1) is 33.5 Å².